The van der Waals surface area contributed by atoms with Crippen molar-refractivity contribution in [2.45, 2.75) is 44.7 Å². The minimum atomic E-state index is -0.405. The van der Waals surface area contributed by atoms with Crippen LogP contribution in [-0.4, -0.2) is 28.1 Å². The van der Waals surface area contributed by atoms with Gasteiger partial charge in [-0.25, -0.2) is 9.38 Å². The van der Waals surface area contributed by atoms with E-state index in [1.54, 1.807) is 12.1 Å². The first kappa shape index (κ1) is 19.8. The number of benzene rings is 2. The molecular formula is C23H24FN3OS. The van der Waals surface area contributed by atoms with Gasteiger partial charge in [-0.05, 0) is 69.0 Å². The number of nitrogens with one attached hydrogen (secondary N) is 1. The lowest BCUT2D eigenvalue weighted by Gasteiger charge is -2.27. The van der Waals surface area contributed by atoms with Crippen molar-refractivity contribution in [2.24, 2.45) is 9.98 Å². The maximum absolute atomic E-state index is 13.4. The van der Waals surface area contributed by atoms with Gasteiger partial charge < -0.3 is 5.32 Å². The van der Waals surface area contributed by atoms with Gasteiger partial charge in [0, 0.05) is 11.3 Å². The van der Waals surface area contributed by atoms with Crippen LogP contribution in [0.5, 0.6) is 0 Å². The molecule has 4 nitrogen and oxygen atoms in total. The maximum Gasteiger partial charge on any atom is 0.234 e. The number of hydrogen-bond donors (Lipinski definition) is 1. The molecule has 0 atom stereocenters. The Morgan fingerprint density at radius 1 is 1.03 bits per heavy atom. The van der Waals surface area contributed by atoms with E-state index in [4.69, 9.17) is 9.98 Å². The zero-order chi connectivity index (χ0) is 20.3. The average molecular weight is 410 g/mol. The molecule has 2 aromatic carbocycles. The molecular weight excluding hydrogens is 385 g/mol. The van der Waals surface area contributed by atoms with E-state index >= 15 is 0 Å². The summed E-state index contributed by atoms with van der Waals surface area (Å²) in [5, 5.41) is 3.70. The van der Waals surface area contributed by atoms with Crippen molar-refractivity contribution in [1.29, 1.82) is 0 Å². The van der Waals surface area contributed by atoms with Crippen LogP contribution in [0.1, 0.15) is 43.2 Å². The largest absolute Gasteiger partial charge is 0.325 e. The van der Waals surface area contributed by atoms with Gasteiger partial charge in [-0.3, -0.25) is 9.79 Å². The molecule has 2 aliphatic rings. The van der Waals surface area contributed by atoms with Crippen LogP contribution in [0.3, 0.4) is 0 Å². The van der Waals surface area contributed by atoms with Gasteiger partial charge in [0.05, 0.1) is 11.5 Å². The smallest absolute Gasteiger partial charge is 0.234 e. The molecule has 1 spiro atoms. The third-order valence-electron chi connectivity index (χ3n) is 5.28. The van der Waals surface area contributed by atoms with Crippen LogP contribution >= 0.6 is 11.8 Å². The van der Waals surface area contributed by atoms with Gasteiger partial charge in [-0.2, -0.15) is 0 Å². The maximum atomic E-state index is 13.4. The molecule has 1 saturated carbocycles. The van der Waals surface area contributed by atoms with E-state index in [2.05, 4.69) is 5.32 Å². The van der Waals surface area contributed by atoms with Gasteiger partial charge in [0.2, 0.25) is 5.91 Å². The van der Waals surface area contributed by atoms with E-state index < -0.39 is 5.66 Å². The van der Waals surface area contributed by atoms with E-state index in [1.807, 2.05) is 31.2 Å². The lowest BCUT2D eigenvalue weighted by molar-refractivity contribution is -0.113. The molecule has 1 heterocycles. The van der Waals surface area contributed by atoms with Crippen LogP contribution < -0.4 is 5.32 Å². The molecule has 2 aromatic rings. The number of carbonyl (C=O) groups excluding carboxylic acids is 1. The Morgan fingerprint density at radius 2 is 1.72 bits per heavy atom. The van der Waals surface area contributed by atoms with Crippen LogP contribution in [0.4, 0.5) is 10.1 Å². The molecule has 0 saturated heterocycles. The minimum absolute atomic E-state index is 0.0791. The molecule has 29 heavy (non-hydrogen) atoms. The summed E-state index contributed by atoms with van der Waals surface area (Å²) >= 11 is 1.40. The number of aryl methyl sites for hydroxylation is 1. The molecule has 1 N–H and O–H groups in total. The third kappa shape index (κ3) is 4.75. The Labute approximate surface area is 174 Å². The fraction of sp³-hybridized carbons (Fsp3) is 0.348. The zero-order valence-electron chi connectivity index (χ0n) is 16.5. The van der Waals surface area contributed by atoms with Crippen LogP contribution in [0.2, 0.25) is 0 Å². The standard InChI is InChI=1S/C23H24FN3OS/c1-16-5-11-19(12-6-16)25-20(28)15-29-22-21(17-7-9-18(24)10-8-17)26-23(27-22)13-3-2-4-14-23/h5-12H,2-4,13-15H2,1H3,(H,25,28). The van der Waals surface area contributed by atoms with Gasteiger partial charge in [0.15, 0.2) is 5.66 Å². The van der Waals surface area contributed by atoms with Crippen molar-refractivity contribution in [1.82, 2.24) is 0 Å². The Hall–Kier alpha value is -2.47. The number of nitrogens with zero attached hydrogens (tertiary/aromatic N) is 2. The lowest BCUT2D eigenvalue weighted by atomic mass is 9.90. The first-order valence-corrected chi connectivity index (χ1v) is 11.0. The number of carbonyl (C=O) groups is 1. The molecule has 150 valence electrons. The van der Waals surface area contributed by atoms with Crippen LogP contribution in [0, 0.1) is 12.7 Å². The Kier molecular flexibility index (Phi) is 5.81. The Morgan fingerprint density at radius 3 is 2.41 bits per heavy atom. The summed E-state index contributed by atoms with van der Waals surface area (Å²) in [6.45, 7) is 2.01. The summed E-state index contributed by atoms with van der Waals surface area (Å²) in [5.74, 6) is -0.101. The van der Waals surface area contributed by atoms with E-state index in [9.17, 15) is 9.18 Å². The van der Waals surface area contributed by atoms with Crippen molar-refractivity contribution in [3.63, 3.8) is 0 Å². The lowest BCUT2D eigenvalue weighted by Crippen LogP contribution is -2.25. The minimum Gasteiger partial charge on any atom is -0.325 e. The molecule has 1 aliphatic heterocycles. The molecule has 0 unspecified atom stereocenters. The van der Waals surface area contributed by atoms with E-state index in [-0.39, 0.29) is 17.5 Å². The summed E-state index contributed by atoms with van der Waals surface area (Å²) in [7, 11) is 0. The van der Waals surface area contributed by atoms with Crippen LogP contribution in [-0.2, 0) is 4.79 Å². The van der Waals surface area contributed by atoms with E-state index in [0.717, 1.165) is 53.3 Å². The molecule has 1 amide bonds. The van der Waals surface area contributed by atoms with E-state index in [1.165, 1.54) is 30.3 Å². The van der Waals surface area contributed by atoms with Gasteiger partial charge in [0.25, 0.3) is 0 Å². The topological polar surface area (TPSA) is 53.8 Å². The van der Waals surface area contributed by atoms with Gasteiger partial charge in [-0.1, -0.05) is 35.9 Å². The normalized spacial score (nSPS) is 17.7. The quantitative estimate of drug-likeness (QED) is 0.738. The molecule has 4 rings (SSSR count). The summed E-state index contributed by atoms with van der Waals surface area (Å²) < 4.78 is 13.4. The monoisotopic (exact) mass is 409 g/mol. The fourth-order valence-electron chi connectivity index (χ4n) is 3.73. The molecule has 0 bridgehead atoms. The summed E-state index contributed by atoms with van der Waals surface area (Å²) in [4.78, 5) is 22.4. The third-order valence-corrected chi connectivity index (χ3v) is 6.24. The summed E-state index contributed by atoms with van der Waals surface area (Å²) in [6.07, 6.45) is 5.28. The second-order valence-corrected chi connectivity index (χ2v) is 8.59. The number of hydrogen-bond acceptors (Lipinski definition) is 4. The van der Waals surface area contributed by atoms with Gasteiger partial charge in [-0.15, -0.1) is 0 Å². The number of halogens is 1. The van der Waals surface area contributed by atoms with Crippen LogP contribution in [0.25, 0.3) is 0 Å². The molecule has 0 aromatic heterocycles. The number of aliphatic imine (C=N–C) groups is 2. The highest BCUT2D eigenvalue weighted by Gasteiger charge is 2.37. The zero-order valence-corrected chi connectivity index (χ0v) is 17.3. The average Bonchev–Trinajstić information content (AvgIpc) is 3.07. The predicted molar refractivity (Wildman–Crippen MR) is 118 cm³/mol. The predicted octanol–water partition coefficient (Wildman–Crippen LogP) is 5.37. The van der Waals surface area contributed by atoms with Crippen molar-refractivity contribution >= 4 is 34.1 Å². The van der Waals surface area contributed by atoms with Crippen molar-refractivity contribution < 1.29 is 9.18 Å². The number of rotatable bonds is 4. The van der Waals surface area contributed by atoms with Crippen molar-refractivity contribution in [3.05, 3.63) is 65.5 Å². The summed E-state index contributed by atoms with van der Waals surface area (Å²) in [6, 6.07) is 14.1. The highest BCUT2D eigenvalue weighted by Crippen LogP contribution is 2.38. The van der Waals surface area contributed by atoms with Crippen molar-refractivity contribution in [2.75, 3.05) is 11.1 Å². The Balaban J connectivity index is 1.49. The first-order chi connectivity index (χ1) is 14.0. The summed E-state index contributed by atoms with van der Waals surface area (Å²) in [5.41, 5.74) is 3.15. The highest BCUT2D eigenvalue weighted by atomic mass is 32.2. The van der Waals surface area contributed by atoms with Crippen LogP contribution in [0.15, 0.2) is 58.5 Å². The van der Waals surface area contributed by atoms with Gasteiger partial charge >= 0.3 is 0 Å². The second-order valence-electron chi connectivity index (χ2n) is 7.63. The molecule has 1 aliphatic carbocycles. The van der Waals surface area contributed by atoms with Gasteiger partial charge in [0.1, 0.15) is 10.9 Å². The first-order valence-electron chi connectivity index (χ1n) is 9.98. The number of anilines is 1. The SMILES string of the molecule is Cc1ccc(NC(=O)CSC2=NC3(CCCCC3)N=C2c2ccc(F)cc2)cc1. The second kappa shape index (κ2) is 8.49. The van der Waals surface area contributed by atoms with Crippen molar-refractivity contribution in [3.8, 4) is 0 Å². The molecule has 6 heteroatoms. The Bertz CT molecular complexity index is 945. The molecule has 0 radical (unpaired) electrons. The number of amides is 1. The highest BCUT2D eigenvalue weighted by molar-refractivity contribution is 8.16. The number of thioether (sulfide) groups is 1. The van der Waals surface area contributed by atoms with E-state index in [0.29, 0.717) is 0 Å². The fourth-order valence-corrected chi connectivity index (χ4v) is 4.60. The molecule has 1 fully saturated rings.